The number of H-pyrrole nitrogens is 1. The van der Waals surface area contributed by atoms with Crippen LogP contribution >= 0.6 is 0 Å². The zero-order chi connectivity index (χ0) is 20.2. The van der Waals surface area contributed by atoms with Crippen molar-refractivity contribution in [2.24, 2.45) is 0 Å². The second-order valence-electron chi connectivity index (χ2n) is 6.74. The van der Waals surface area contributed by atoms with E-state index in [2.05, 4.69) is 21.4 Å². The zero-order valence-electron chi connectivity index (χ0n) is 16.1. The largest absolute Gasteiger partial charge is 0.462 e. The van der Waals surface area contributed by atoms with Gasteiger partial charge in [0.1, 0.15) is 0 Å². The van der Waals surface area contributed by atoms with Crippen LogP contribution in [-0.4, -0.2) is 28.5 Å². The Bertz CT molecular complexity index is 1180. The second kappa shape index (κ2) is 8.14. The molecule has 2 N–H and O–H groups in total. The molecule has 0 aliphatic rings. The Morgan fingerprint density at radius 3 is 2.62 bits per heavy atom. The smallest absolute Gasteiger partial charge is 0.338 e. The Balaban J connectivity index is 1.39. The second-order valence-corrected chi connectivity index (χ2v) is 6.74. The topological polar surface area (TPSA) is 84.1 Å². The maximum absolute atomic E-state index is 12.3. The summed E-state index contributed by atoms with van der Waals surface area (Å²) in [5, 5.41) is 5.11. The van der Waals surface area contributed by atoms with E-state index in [1.807, 2.05) is 30.5 Å². The van der Waals surface area contributed by atoms with Gasteiger partial charge in [0.2, 0.25) is 5.91 Å². The first kappa shape index (κ1) is 18.7. The first-order valence-electron chi connectivity index (χ1n) is 9.56. The van der Waals surface area contributed by atoms with Crippen molar-refractivity contribution in [3.63, 3.8) is 0 Å². The maximum Gasteiger partial charge on any atom is 0.338 e. The standard InChI is InChI=1S/C23H21N3O3/c1-2-29-23(28)15-7-9-16(10-8-15)25-22(27)12-11-17-13-19-18-5-3-4-6-20(18)26-21(19)14-24-17/h3-10,13-14,26H,2,11-12H2,1H3,(H,25,27). The number of hydrogen-bond acceptors (Lipinski definition) is 4. The highest BCUT2D eigenvalue weighted by molar-refractivity contribution is 6.07. The SMILES string of the molecule is CCOC(=O)c1ccc(NC(=O)CCc2cc3c(cn2)[nH]c2ccccc23)cc1. The molecule has 6 heteroatoms. The lowest BCUT2D eigenvalue weighted by Gasteiger charge is -2.07. The molecule has 2 aromatic carbocycles. The van der Waals surface area contributed by atoms with Gasteiger partial charge in [-0.3, -0.25) is 9.78 Å². The molecule has 0 atom stereocenters. The van der Waals surface area contributed by atoms with Gasteiger partial charge < -0.3 is 15.0 Å². The van der Waals surface area contributed by atoms with E-state index >= 15 is 0 Å². The van der Waals surface area contributed by atoms with Gasteiger partial charge in [-0.15, -0.1) is 0 Å². The molecule has 0 unspecified atom stereocenters. The van der Waals surface area contributed by atoms with Crippen LogP contribution in [-0.2, 0) is 16.0 Å². The van der Waals surface area contributed by atoms with Crippen LogP contribution in [0.25, 0.3) is 21.8 Å². The third-order valence-electron chi connectivity index (χ3n) is 4.74. The molecule has 6 nitrogen and oxygen atoms in total. The van der Waals surface area contributed by atoms with Crippen molar-refractivity contribution in [2.75, 3.05) is 11.9 Å². The number of hydrogen-bond donors (Lipinski definition) is 2. The fraction of sp³-hybridized carbons (Fsp3) is 0.174. The first-order chi connectivity index (χ1) is 14.1. The number of anilines is 1. The molecule has 0 radical (unpaired) electrons. The van der Waals surface area contributed by atoms with Gasteiger partial charge in [-0.1, -0.05) is 18.2 Å². The molecule has 0 aliphatic heterocycles. The summed E-state index contributed by atoms with van der Waals surface area (Å²) < 4.78 is 4.95. The number of ether oxygens (including phenoxy) is 1. The molecule has 2 aromatic heterocycles. The number of carbonyl (C=O) groups excluding carboxylic acids is 2. The van der Waals surface area contributed by atoms with E-state index in [1.54, 1.807) is 31.2 Å². The summed E-state index contributed by atoms with van der Waals surface area (Å²) in [5.41, 5.74) is 4.03. The Morgan fingerprint density at radius 1 is 1.03 bits per heavy atom. The Labute approximate surface area is 167 Å². The number of aromatic amines is 1. The monoisotopic (exact) mass is 387 g/mol. The number of esters is 1. The average molecular weight is 387 g/mol. The van der Waals surface area contributed by atoms with Crippen LogP contribution in [0.3, 0.4) is 0 Å². The zero-order valence-corrected chi connectivity index (χ0v) is 16.1. The number of pyridine rings is 1. The number of para-hydroxylation sites is 1. The minimum absolute atomic E-state index is 0.102. The molecule has 29 heavy (non-hydrogen) atoms. The average Bonchev–Trinajstić information content (AvgIpc) is 3.11. The van der Waals surface area contributed by atoms with E-state index in [1.165, 1.54) is 0 Å². The summed E-state index contributed by atoms with van der Waals surface area (Å²) in [6.45, 7) is 2.09. The van der Waals surface area contributed by atoms with E-state index in [9.17, 15) is 9.59 Å². The van der Waals surface area contributed by atoms with Crippen LogP contribution in [0.4, 0.5) is 5.69 Å². The van der Waals surface area contributed by atoms with Crippen LogP contribution in [0, 0.1) is 0 Å². The van der Waals surface area contributed by atoms with Crippen molar-refractivity contribution >= 4 is 39.4 Å². The lowest BCUT2D eigenvalue weighted by Crippen LogP contribution is -2.13. The Morgan fingerprint density at radius 2 is 1.83 bits per heavy atom. The first-order valence-corrected chi connectivity index (χ1v) is 9.56. The number of nitrogens with zero attached hydrogens (tertiary/aromatic N) is 1. The molecule has 0 saturated carbocycles. The van der Waals surface area contributed by atoms with Crippen molar-refractivity contribution < 1.29 is 14.3 Å². The molecule has 1 amide bonds. The number of aromatic nitrogens is 2. The summed E-state index contributed by atoms with van der Waals surface area (Å²) in [7, 11) is 0. The number of aryl methyl sites for hydroxylation is 1. The molecule has 0 fully saturated rings. The third-order valence-corrected chi connectivity index (χ3v) is 4.74. The van der Waals surface area contributed by atoms with Crippen LogP contribution in [0.2, 0.25) is 0 Å². The van der Waals surface area contributed by atoms with E-state index < -0.39 is 0 Å². The summed E-state index contributed by atoms with van der Waals surface area (Å²) in [6.07, 6.45) is 2.68. The molecular weight excluding hydrogens is 366 g/mol. The van der Waals surface area contributed by atoms with Gasteiger partial charge >= 0.3 is 5.97 Å². The predicted octanol–water partition coefficient (Wildman–Crippen LogP) is 4.46. The van der Waals surface area contributed by atoms with Gasteiger partial charge in [0.25, 0.3) is 0 Å². The number of rotatable bonds is 6. The summed E-state index contributed by atoms with van der Waals surface area (Å²) in [4.78, 5) is 31.8. The van der Waals surface area contributed by atoms with Gasteiger partial charge in [0.05, 0.1) is 23.9 Å². The highest BCUT2D eigenvalue weighted by Crippen LogP contribution is 2.25. The van der Waals surface area contributed by atoms with E-state index in [0.717, 1.165) is 27.5 Å². The molecular formula is C23H21N3O3. The van der Waals surface area contributed by atoms with Crippen molar-refractivity contribution in [3.05, 3.63) is 72.1 Å². The summed E-state index contributed by atoms with van der Waals surface area (Å²) >= 11 is 0. The predicted molar refractivity (Wildman–Crippen MR) is 113 cm³/mol. The molecule has 4 aromatic rings. The molecule has 0 aliphatic carbocycles. The van der Waals surface area contributed by atoms with Crippen LogP contribution in [0.15, 0.2) is 60.8 Å². The minimum Gasteiger partial charge on any atom is -0.462 e. The van der Waals surface area contributed by atoms with Gasteiger partial charge in [-0.25, -0.2) is 4.79 Å². The molecule has 0 saturated heterocycles. The summed E-state index contributed by atoms with van der Waals surface area (Å²) in [5.74, 6) is -0.473. The molecule has 2 heterocycles. The maximum atomic E-state index is 12.3. The minimum atomic E-state index is -0.371. The van der Waals surface area contributed by atoms with Gasteiger partial charge in [0.15, 0.2) is 0 Å². The van der Waals surface area contributed by atoms with E-state index in [0.29, 0.717) is 30.7 Å². The highest BCUT2D eigenvalue weighted by atomic mass is 16.5. The van der Waals surface area contributed by atoms with E-state index in [4.69, 9.17) is 4.74 Å². The van der Waals surface area contributed by atoms with Gasteiger partial charge in [-0.2, -0.15) is 0 Å². The Kier molecular flexibility index (Phi) is 5.24. The fourth-order valence-corrected chi connectivity index (χ4v) is 3.30. The van der Waals surface area contributed by atoms with Gasteiger partial charge in [-0.05, 0) is 49.7 Å². The molecule has 4 rings (SSSR count). The van der Waals surface area contributed by atoms with Crippen LogP contribution in [0.5, 0.6) is 0 Å². The van der Waals surface area contributed by atoms with Crippen molar-refractivity contribution in [3.8, 4) is 0 Å². The molecule has 146 valence electrons. The number of nitrogens with one attached hydrogen (secondary N) is 2. The van der Waals surface area contributed by atoms with Crippen molar-refractivity contribution in [2.45, 2.75) is 19.8 Å². The highest BCUT2D eigenvalue weighted by Gasteiger charge is 2.09. The number of carbonyl (C=O) groups is 2. The summed E-state index contributed by atoms with van der Waals surface area (Å²) in [6, 6.07) is 16.8. The van der Waals surface area contributed by atoms with Crippen molar-refractivity contribution in [1.82, 2.24) is 9.97 Å². The van der Waals surface area contributed by atoms with Crippen molar-refractivity contribution in [1.29, 1.82) is 0 Å². The lowest BCUT2D eigenvalue weighted by atomic mass is 10.1. The molecule has 0 bridgehead atoms. The number of amides is 1. The number of fused-ring (bicyclic) bond motifs is 3. The lowest BCUT2D eigenvalue weighted by molar-refractivity contribution is -0.116. The fourth-order valence-electron chi connectivity index (χ4n) is 3.30. The van der Waals surface area contributed by atoms with Gasteiger partial charge in [0, 0.05) is 34.1 Å². The Hall–Kier alpha value is -3.67. The quantitative estimate of drug-likeness (QED) is 0.478. The molecule has 0 spiro atoms. The van der Waals surface area contributed by atoms with E-state index in [-0.39, 0.29) is 11.9 Å². The van der Waals surface area contributed by atoms with Crippen LogP contribution < -0.4 is 5.32 Å². The third kappa shape index (κ3) is 4.11. The normalized spacial score (nSPS) is 10.9. The van der Waals surface area contributed by atoms with Crippen LogP contribution in [0.1, 0.15) is 29.4 Å². The number of benzene rings is 2.